The van der Waals surface area contributed by atoms with Crippen molar-refractivity contribution in [2.24, 2.45) is 0 Å². The van der Waals surface area contributed by atoms with E-state index in [4.69, 9.17) is 0 Å². The van der Waals surface area contributed by atoms with Crippen molar-refractivity contribution in [2.45, 2.75) is 44.1 Å². The van der Waals surface area contributed by atoms with Gasteiger partial charge in [0, 0.05) is 24.4 Å². The fourth-order valence-electron chi connectivity index (χ4n) is 2.83. The maximum atomic E-state index is 4.60. The van der Waals surface area contributed by atoms with Crippen LogP contribution in [0.1, 0.15) is 37.1 Å². The van der Waals surface area contributed by atoms with Crippen LogP contribution in [0.4, 0.5) is 0 Å². The van der Waals surface area contributed by atoms with Gasteiger partial charge in [-0.25, -0.2) is 15.0 Å². The van der Waals surface area contributed by atoms with Gasteiger partial charge in [-0.1, -0.05) is 30.6 Å². The molecule has 1 N–H and O–H groups in total. The molecule has 5 heteroatoms. The van der Waals surface area contributed by atoms with Crippen molar-refractivity contribution in [2.75, 3.05) is 7.05 Å². The first-order valence-electron chi connectivity index (χ1n) is 6.57. The maximum absolute atomic E-state index is 4.60. The lowest BCUT2D eigenvalue weighted by Gasteiger charge is -2.36. The topological polar surface area (TPSA) is 50.7 Å². The second-order valence-electron chi connectivity index (χ2n) is 5.06. The highest BCUT2D eigenvalue weighted by molar-refractivity contribution is 7.18. The van der Waals surface area contributed by atoms with Crippen LogP contribution in [0.25, 0.3) is 10.5 Å². The summed E-state index contributed by atoms with van der Waals surface area (Å²) in [7, 11) is 2.08. The predicted molar refractivity (Wildman–Crippen MR) is 73.8 cm³/mol. The molecule has 1 aliphatic rings. The molecule has 0 radical (unpaired) electrons. The van der Waals surface area contributed by atoms with Gasteiger partial charge in [0.1, 0.15) is 0 Å². The summed E-state index contributed by atoms with van der Waals surface area (Å²) in [5.74, 6) is 0. The van der Waals surface area contributed by atoms with Gasteiger partial charge in [-0.05, 0) is 19.9 Å². The summed E-state index contributed by atoms with van der Waals surface area (Å²) in [6.07, 6.45) is 11.0. The first-order chi connectivity index (χ1) is 8.81. The fraction of sp³-hybridized carbons (Fsp3) is 0.615. The second-order valence-corrected chi connectivity index (χ2v) is 6.12. The van der Waals surface area contributed by atoms with E-state index in [-0.39, 0.29) is 5.54 Å². The highest BCUT2D eigenvalue weighted by atomic mass is 32.1. The Bertz CT molecular complexity index is 498. The molecule has 0 saturated heterocycles. The maximum Gasteiger partial charge on any atom is 0.189 e. The molecule has 0 bridgehead atoms. The normalized spacial score (nSPS) is 19.2. The Balaban J connectivity index is 1.85. The molecule has 3 rings (SSSR count). The Morgan fingerprint density at radius 1 is 1.22 bits per heavy atom. The summed E-state index contributed by atoms with van der Waals surface area (Å²) >= 11 is 1.68. The van der Waals surface area contributed by atoms with Crippen molar-refractivity contribution in [1.82, 2.24) is 20.3 Å². The van der Waals surface area contributed by atoms with Crippen LogP contribution in [-0.4, -0.2) is 27.5 Å². The predicted octanol–water partition coefficient (Wildman–Crippen LogP) is 2.55. The number of likely N-dealkylation sites (N-methyl/N-ethyl adjacent to an activating group) is 1. The number of fused-ring (bicyclic) bond motifs is 1. The van der Waals surface area contributed by atoms with E-state index < -0.39 is 0 Å². The number of hydrogen-bond donors (Lipinski definition) is 1. The van der Waals surface area contributed by atoms with Crippen LogP contribution < -0.4 is 5.32 Å². The number of nitrogens with one attached hydrogen (secondary N) is 1. The van der Waals surface area contributed by atoms with E-state index in [9.17, 15) is 0 Å². The zero-order valence-corrected chi connectivity index (χ0v) is 11.5. The molecule has 0 spiro atoms. The van der Waals surface area contributed by atoms with Gasteiger partial charge in [0.2, 0.25) is 0 Å². The Hall–Kier alpha value is -1.07. The van der Waals surface area contributed by atoms with Crippen molar-refractivity contribution >= 4 is 21.8 Å². The standard InChI is InChI=1S/C13H18N4S/c1-14-13(5-3-2-4-6-13)9-10-17-11-12(18-10)16-8-7-15-11/h7-8,14H,2-6,9H2,1H3. The van der Waals surface area contributed by atoms with Crippen LogP contribution in [0.2, 0.25) is 0 Å². The third-order valence-corrected chi connectivity index (χ3v) is 4.87. The van der Waals surface area contributed by atoms with Crippen LogP contribution in [0.15, 0.2) is 12.4 Å². The molecular formula is C13H18N4S. The number of thiazole rings is 1. The molecule has 0 aromatic carbocycles. The minimum Gasteiger partial charge on any atom is -0.314 e. The third kappa shape index (κ3) is 2.24. The van der Waals surface area contributed by atoms with Gasteiger partial charge >= 0.3 is 0 Å². The first kappa shape index (κ1) is 12.0. The van der Waals surface area contributed by atoms with Gasteiger partial charge < -0.3 is 5.32 Å². The Morgan fingerprint density at radius 2 is 2.00 bits per heavy atom. The van der Waals surface area contributed by atoms with E-state index >= 15 is 0 Å². The van der Waals surface area contributed by atoms with Gasteiger partial charge in [0.05, 0.1) is 5.01 Å². The molecule has 2 aromatic rings. The van der Waals surface area contributed by atoms with Crippen LogP contribution in [0.3, 0.4) is 0 Å². The third-order valence-electron chi connectivity index (χ3n) is 3.92. The van der Waals surface area contributed by atoms with Crippen LogP contribution >= 0.6 is 11.3 Å². The van der Waals surface area contributed by atoms with E-state index in [0.29, 0.717) is 0 Å². The average Bonchev–Trinajstić information content (AvgIpc) is 2.81. The second kappa shape index (κ2) is 4.90. The van der Waals surface area contributed by atoms with E-state index in [2.05, 4.69) is 27.3 Å². The zero-order chi connectivity index (χ0) is 12.4. The molecule has 2 aromatic heterocycles. The number of nitrogens with zero attached hydrogens (tertiary/aromatic N) is 3. The highest BCUT2D eigenvalue weighted by Crippen LogP contribution is 2.32. The van der Waals surface area contributed by atoms with E-state index in [1.165, 1.54) is 32.1 Å². The summed E-state index contributed by atoms with van der Waals surface area (Å²) < 4.78 is 0. The molecule has 0 aliphatic heterocycles. The minimum absolute atomic E-state index is 0.242. The Morgan fingerprint density at radius 3 is 2.72 bits per heavy atom. The molecule has 1 fully saturated rings. The zero-order valence-electron chi connectivity index (χ0n) is 10.6. The van der Waals surface area contributed by atoms with Gasteiger partial charge in [-0.15, -0.1) is 0 Å². The molecule has 2 heterocycles. The lowest BCUT2D eigenvalue weighted by Crippen LogP contribution is -2.46. The summed E-state index contributed by atoms with van der Waals surface area (Å²) in [4.78, 5) is 14.1. The molecule has 0 atom stereocenters. The highest BCUT2D eigenvalue weighted by Gasteiger charge is 2.31. The number of hydrogen-bond acceptors (Lipinski definition) is 5. The first-order valence-corrected chi connectivity index (χ1v) is 7.38. The summed E-state index contributed by atoms with van der Waals surface area (Å²) in [5, 5.41) is 4.70. The molecule has 4 nitrogen and oxygen atoms in total. The molecule has 0 unspecified atom stereocenters. The Kier molecular flexibility index (Phi) is 3.26. The molecule has 18 heavy (non-hydrogen) atoms. The lowest BCUT2D eigenvalue weighted by molar-refractivity contribution is 0.244. The smallest absolute Gasteiger partial charge is 0.189 e. The number of rotatable bonds is 3. The van der Waals surface area contributed by atoms with Gasteiger partial charge in [0.25, 0.3) is 0 Å². The minimum atomic E-state index is 0.242. The molecule has 0 amide bonds. The largest absolute Gasteiger partial charge is 0.314 e. The monoisotopic (exact) mass is 262 g/mol. The van der Waals surface area contributed by atoms with Crippen molar-refractivity contribution in [1.29, 1.82) is 0 Å². The fourth-order valence-corrected chi connectivity index (χ4v) is 3.83. The van der Waals surface area contributed by atoms with Gasteiger partial charge in [-0.3, -0.25) is 0 Å². The van der Waals surface area contributed by atoms with Crippen molar-refractivity contribution in [3.05, 3.63) is 17.4 Å². The van der Waals surface area contributed by atoms with Crippen molar-refractivity contribution in [3.63, 3.8) is 0 Å². The van der Waals surface area contributed by atoms with Crippen LogP contribution in [0, 0.1) is 0 Å². The molecule has 96 valence electrons. The number of aromatic nitrogens is 3. The van der Waals surface area contributed by atoms with Gasteiger partial charge in [0.15, 0.2) is 10.5 Å². The molecule has 1 saturated carbocycles. The van der Waals surface area contributed by atoms with Crippen molar-refractivity contribution < 1.29 is 0 Å². The average molecular weight is 262 g/mol. The van der Waals surface area contributed by atoms with Crippen LogP contribution in [0.5, 0.6) is 0 Å². The molecular weight excluding hydrogens is 244 g/mol. The van der Waals surface area contributed by atoms with Crippen molar-refractivity contribution in [3.8, 4) is 0 Å². The van der Waals surface area contributed by atoms with E-state index in [1.54, 1.807) is 23.7 Å². The summed E-state index contributed by atoms with van der Waals surface area (Å²) in [6.45, 7) is 0. The lowest BCUT2D eigenvalue weighted by atomic mass is 9.79. The summed E-state index contributed by atoms with van der Waals surface area (Å²) in [5.41, 5.74) is 1.03. The van der Waals surface area contributed by atoms with Crippen LogP contribution in [-0.2, 0) is 6.42 Å². The molecule has 1 aliphatic carbocycles. The summed E-state index contributed by atoms with van der Waals surface area (Å²) in [6, 6.07) is 0. The Labute approximate surface area is 111 Å². The van der Waals surface area contributed by atoms with Gasteiger partial charge in [-0.2, -0.15) is 0 Å². The SMILES string of the molecule is CNC1(Cc2nc3nccnc3s2)CCCCC1. The van der Waals surface area contributed by atoms with E-state index in [0.717, 1.165) is 21.9 Å². The quantitative estimate of drug-likeness (QED) is 0.923. The van der Waals surface area contributed by atoms with E-state index in [1.807, 2.05) is 0 Å².